The second-order valence-corrected chi connectivity index (χ2v) is 6.66. The van der Waals surface area contributed by atoms with Crippen LogP contribution in [0.4, 0.5) is 0 Å². The summed E-state index contributed by atoms with van der Waals surface area (Å²) in [5.74, 6) is -1.42. The van der Waals surface area contributed by atoms with E-state index in [1.165, 1.54) is 5.56 Å². The van der Waals surface area contributed by atoms with Crippen molar-refractivity contribution < 1.29 is 9.90 Å². The fourth-order valence-corrected chi connectivity index (χ4v) is 3.68. The molecule has 0 saturated carbocycles. The van der Waals surface area contributed by atoms with Gasteiger partial charge in [-0.2, -0.15) is 0 Å². The van der Waals surface area contributed by atoms with Gasteiger partial charge in [0, 0.05) is 25.6 Å². The molecular formula is C18H17Cl2NO2. The molecule has 5 heteroatoms. The number of carbonyl (C=O) groups is 1. The minimum absolute atomic E-state index is 0.151. The van der Waals surface area contributed by atoms with E-state index in [0.717, 1.165) is 12.1 Å². The van der Waals surface area contributed by atoms with Crippen molar-refractivity contribution in [3.8, 4) is 0 Å². The molecule has 3 rings (SSSR count). The van der Waals surface area contributed by atoms with Crippen LogP contribution in [0.25, 0.3) is 0 Å². The van der Waals surface area contributed by atoms with Gasteiger partial charge in [-0.15, -0.1) is 0 Å². The predicted octanol–water partition coefficient (Wildman–Crippen LogP) is 4.29. The Bertz CT molecular complexity index is 705. The highest BCUT2D eigenvalue weighted by atomic mass is 35.5. The van der Waals surface area contributed by atoms with Crippen LogP contribution in [0.1, 0.15) is 17.0 Å². The summed E-state index contributed by atoms with van der Waals surface area (Å²) in [6.45, 7) is 1.91. The van der Waals surface area contributed by atoms with Crippen LogP contribution in [0.15, 0.2) is 48.5 Å². The Labute approximate surface area is 145 Å². The van der Waals surface area contributed by atoms with Gasteiger partial charge in [0.2, 0.25) is 0 Å². The number of carboxylic acids is 1. The van der Waals surface area contributed by atoms with Crippen LogP contribution in [0.2, 0.25) is 10.0 Å². The first-order chi connectivity index (χ1) is 11.1. The lowest BCUT2D eigenvalue weighted by Crippen LogP contribution is -2.23. The Balaban J connectivity index is 1.84. The van der Waals surface area contributed by atoms with E-state index in [2.05, 4.69) is 17.0 Å². The highest BCUT2D eigenvalue weighted by Crippen LogP contribution is 2.39. The van der Waals surface area contributed by atoms with Gasteiger partial charge in [0.1, 0.15) is 0 Å². The summed E-state index contributed by atoms with van der Waals surface area (Å²) in [5.41, 5.74) is 2.00. The lowest BCUT2D eigenvalue weighted by atomic mass is 9.89. The molecule has 0 radical (unpaired) electrons. The van der Waals surface area contributed by atoms with E-state index in [0.29, 0.717) is 23.1 Å². The van der Waals surface area contributed by atoms with Crippen LogP contribution < -0.4 is 0 Å². The molecule has 120 valence electrons. The van der Waals surface area contributed by atoms with Crippen LogP contribution in [0.3, 0.4) is 0 Å². The fourth-order valence-electron chi connectivity index (χ4n) is 3.23. The van der Waals surface area contributed by atoms with Crippen LogP contribution in [-0.2, 0) is 11.3 Å². The molecular weight excluding hydrogens is 333 g/mol. The van der Waals surface area contributed by atoms with Gasteiger partial charge in [0.15, 0.2) is 0 Å². The number of rotatable bonds is 4. The highest BCUT2D eigenvalue weighted by Gasteiger charge is 2.39. The van der Waals surface area contributed by atoms with E-state index in [4.69, 9.17) is 23.2 Å². The molecule has 0 aromatic heterocycles. The third-order valence-corrected chi connectivity index (χ3v) is 5.18. The zero-order valence-corrected chi connectivity index (χ0v) is 14.0. The zero-order valence-electron chi connectivity index (χ0n) is 12.5. The molecule has 0 spiro atoms. The molecule has 2 unspecified atom stereocenters. The zero-order chi connectivity index (χ0) is 16.4. The number of hydrogen-bond acceptors (Lipinski definition) is 2. The van der Waals surface area contributed by atoms with Crippen molar-refractivity contribution in [1.82, 2.24) is 4.90 Å². The molecule has 0 aliphatic carbocycles. The third-order valence-electron chi connectivity index (χ3n) is 4.34. The summed E-state index contributed by atoms with van der Waals surface area (Å²) >= 11 is 12.4. The standard InChI is InChI=1S/C18H17Cl2NO2/c19-16-8-4-7-13(17(16)20)14-10-21(11-15(14)18(22)23)9-12-5-2-1-3-6-12/h1-8,14-15H,9-11H2,(H,22,23). The van der Waals surface area contributed by atoms with E-state index in [1.54, 1.807) is 6.07 Å². The fraction of sp³-hybridized carbons (Fsp3) is 0.278. The minimum atomic E-state index is -0.790. The molecule has 2 aromatic carbocycles. The van der Waals surface area contributed by atoms with Crippen molar-refractivity contribution in [2.24, 2.45) is 5.92 Å². The molecule has 0 amide bonds. The number of carboxylic acid groups (broad SMARTS) is 1. The maximum Gasteiger partial charge on any atom is 0.308 e. The number of benzene rings is 2. The molecule has 1 aliphatic heterocycles. The average Bonchev–Trinajstić information content (AvgIpc) is 2.95. The maximum atomic E-state index is 11.7. The summed E-state index contributed by atoms with van der Waals surface area (Å²) in [5, 5.41) is 10.5. The Kier molecular flexibility index (Phi) is 4.90. The van der Waals surface area contributed by atoms with Crippen molar-refractivity contribution >= 4 is 29.2 Å². The Morgan fingerprint density at radius 2 is 1.83 bits per heavy atom. The normalized spacial score (nSPS) is 21.5. The quantitative estimate of drug-likeness (QED) is 0.894. The van der Waals surface area contributed by atoms with Gasteiger partial charge >= 0.3 is 5.97 Å². The summed E-state index contributed by atoms with van der Waals surface area (Å²) in [6.07, 6.45) is 0. The molecule has 1 heterocycles. The second kappa shape index (κ2) is 6.91. The molecule has 23 heavy (non-hydrogen) atoms. The van der Waals surface area contributed by atoms with E-state index in [1.807, 2.05) is 30.3 Å². The number of hydrogen-bond donors (Lipinski definition) is 1. The summed E-state index contributed by atoms with van der Waals surface area (Å²) in [6, 6.07) is 15.5. The van der Waals surface area contributed by atoms with E-state index in [9.17, 15) is 9.90 Å². The van der Waals surface area contributed by atoms with Crippen LogP contribution in [0.5, 0.6) is 0 Å². The highest BCUT2D eigenvalue weighted by molar-refractivity contribution is 6.42. The van der Waals surface area contributed by atoms with Crippen molar-refractivity contribution in [3.63, 3.8) is 0 Å². The molecule has 1 aliphatic rings. The van der Waals surface area contributed by atoms with Gasteiger partial charge in [-0.05, 0) is 17.2 Å². The van der Waals surface area contributed by atoms with Crippen LogP contribution >= 0.6 is 23.2 Å². The minimum Gasteiger partial charge on any atom is -0.481 e. The second-order valence-electron chi connectivity index (χ2n) is 5.87. The number of halogens is 2. The Hall–Kier alpha value is -1.55. The molecule has 2 atom stereocenters. The van der Waals surface area contributed by atoms with Crippen molar-refractivity contribution in [2.45, 2.75) is 12.5 Å². The molecule has 0 bridgehead atoms. The third kappa shape index (κ3) is 3.52. The first kappa shape index (κ1) is 16.3. The largest absolute Gasteiger partial charge is 0.481 e. The van der Waals surface area contributed by atoms with Gasteiger partial charge in [-0.3, -0.25) is 9.69 Å². The van der Waals surface area contributed by atoms with Gasteiger partial charge in [0.05, 0.1) is 16.0 Å². The summed E-state index contributed by atoms with van der Waals surface area (Å²) in [4.78, 5) is 13.8. The maximum absolute atomic E-state index is 11.7. The monoisotopic (exact) mass is 349 g/mol. The lowest BCUT2D eigenvalue weighted by molar-refractivity contribution is -0.141. The predicted molar refractivity (Wildman–Crippen MR) is 92.0 cm³/mol. The van der Waals surface area contributed by atoms with Gasteiger partial charge < -0.3 is 5.11 Å². The van der Waals surface area contributed by atoms with Gasteiger partial charge in [-0.1, -0.05) is 65.7 Å². The first-order valence-electron chi connectivity index (χ1n) is 7.49. The van der Waals surface area contributed by atoms with Crippen molar-refractivity contribution in [1.29, 1.82) is 0 Å². The summed E-state index contributed by atoms with van der Waals surface area (Å²) in [7, 11) is 0. The van der Waals surface area contributed by atoms with Crippen LogP contribution in [0, 0.1) is 5.92 Å². The smallest absolute Gasteiger partial charge is 0.308 e. The first-order valence-corrected chi connectivity index (χ1v) is 8.25. The molecule has 1 saturated heterocycles. The topological polar surface area (TPSA) is 40.5 Å². The molecule has 2 aromatic rings. The average molecular weight is 350 g/mol. The van der Waals surface area contributed by atoms with Crippen molar-refractivity contribution in [3.05, 3.63) is 69.7 Å². The van der Waals surface area contributed by atoms with E-state index < -0.39 is 11.9 Å². The lowest BCUT2D eigenvalue weighted by Gasteiger charge is -2.18. The molecule has 1 fully saturated rings. The number of nitrogens with zero attached hydrogens (tertiary/aromatic N) is 1. The Morgan fingerprint density at radius 3 is 2.52 bits per heavy atom. The summed E-state index contributed by atoms with van der Waals surface area (Å²) < 4.78 is 0. The molecule has 3 nitrogen and oxygen atoms in total. The van der Waals surface area contributed by atoms with Crippen molar-refractivity contribution in [2.75, 3.05) is 13.1 Å². The van der Waals surface area contributed by atoms with Crippen LogP contribution in [-0.4, -0.2) is 29.1 Å². The molecule has 1 N–H and O–H groups in total. The van der Waals surface area contributed by atoms with Gasteiger partial charge in [-0.25, -0.2) is 0 Å². The number of aliphatic carboxylic acids is 1. The SMILES string of the molecule is O=C(O)C1CN(Cc2ccccc2)CC1c1cccc(Cl)c1Cl. The Morgan fingerprint density at radius 1 is 1.09 bits per heavy atom. The van der Waals surface area contributed by atoms with E-state index >= 15 is 0 Å². The van der Waals surface area contributed by atoms with E-state index in [-0.39, 0.29) is 5.92 Å². The van der Waals surface area contributed by atoms with Gasteiger partial charge in [0.25, 0.3) is 0 Å². The number of likely N-dealkylation sites (tertiary alicyclic amines) is 1.